The molecule has 1 unspecified atom stereocenters. The van der Waals surface area contributed by atoms with Gasteiger partial charge in [-0.25, -0.2) is 0 Å². The van der Waals surface area contributed by atoms with Crippen LogP contribution in [-0.4, -0.2) is 41.2 Å². The second kappa shape index (κ2) is 5.57. The lowest BCUT2D eigenvalue weighted by Crippen LogP contribution is -2.59. The molecule has 0 radical (unpaired) electrons. The molecular weight excluding hydrogens is 238 g/mol. The number of hydrogen-bond acceptors (Lipinski definition) is 4. The summed E-state index contributed by atoms with van der Waals surface area (Å²) in [6, 6.07) is 4.12. The highest BCUT2D eigenvalue weighted by Gasteiger charge is 2.42. The van der Waals surface area contributed by atoms with Gasteiger partial charge in [0, 0.05) is 37.6 Å². The Labute approximate surface area is 116 Å². The Morgan fingerprint density at radius 1 is 1.37 bits per heavy atom. The van der Waals surface area contributed by atoms with Crippen molar-refractivity contribution < 1.29 is 4.74 Å². The first-order chi connectivity index (χ1) is 8.97. The van der Waals surface area contributed by atoms with Crippen molar-refractivity contribution in [2.45, 2.75) is 44.4 Å². The summed E-state index contributed by atoms with van der Waals surface area (Å²) in [7, 11) is 2.16. The minimum Gasteiger partial charge on any atom is -0.375 e. The summed E-state index contributed by atoms with van der Waals surface area (Å²) in [5.41, 5.74) is 7.32. The van der Waals surface area contributed by atoms with Crippen LogP contribution < -0.4 is 5.73 Å². The number of aromatic nitrogens is 1. The van der Waals surface area contributed by atoms with Crippen LogP contribution in [0.2, 0.25) is 0 Å². The zero-order valence-electron chi connectivity index (χ0n) is 12.2. The number of rotatable bonds is 4. The molecule has 1 saturated heterocycles. The molecule has 1 aromatic rings. The molecule has 0 saturated carbocycles. The predicted octanol–water partition coefficient (Wildman–Crippen LogP) is 1.80. The number of nitrogens with two attached hydrogens (primary N) is 1. The van der Waals surface area contributed by atoms with E-state index in [2.05, 4.69) is 42.9 Å². The van der Waals surface area contributed by atoms with E-state index in [1.807, 2.05) is 12.4 Å². The molecule has 4 heteroatoms. The third kappa shape index (κ3) is 3.32. The van der Waals surface area contributed by atoms with Gasteiger partial charge in [0.2, 0.25) is 0 Å². The van der Waals surface area contributed by atoms with Crippen LogP contribution in [0.4, 0.5) is 0 Å². The van der Waals surface area contributed by atoms with Gasteiger partial charge in [-0.15, -0.1) is 0 Å². The molecule has 0 spiro atoms. The molecule has 0 bridgehead atoms. The maximum atomic E-state index is 6.10. The van der Waals surface area contributed by atoms with Crippen molar-refractivity contribution >= 4 is 0 Å². The summed E-state index contributed by atoms with van der Waals surface area (Å²) < 4.78 is 5.83. The zero-order valence-corrected chi connectivity index (χ0v) is 12.2. The van der Waals surface area contributed by atoms with Crippen molar-refractivity contribution in [3.05, 3.63) is 30.1 Å². The maximum Gasteiger partial charge on any atom is 0.0644 e. The lowest BCUT2D eigenvalue weighted by atomic mass is 9.80. The molecule has 1 fully saturated rings. The van der Waals surface area contributed by atoms with Crippen LogP contribution >= 0.6 is 0 Å². The summed E-state index contributed by atoms with van der Waals surface area (Å²) in [4.78, 5) is 6.44. The number of hydrogen-bond donors (Lipinski definition) is 1. The topological polar surface area (TPSA) is 51.4 Å². The van der Waals surface area contributed by atoms with Gasteiger partial charge in [0.1, 0.15) is 0 Å². The van der Waals surface area contributed by atoms with E-state index in [-0.39, 0.29) is 11.1 Å². The third-order valence-corrected chi connectivity index (χ3v) is 4.17. The van der Waals surface area contributed by atoms with Gasteiger partial charge in [0.15, 0.2) is 0 Å². The van der Waals surface area contributed by atoms with E-state index in [1.54, 1.807) is 0 Å². The van der Waals surface area contributed by atoms with Crippen molar-refractivity contribution in [1.29, 1.82) is 0 Å². The smallest absolute Gasteiger partial charge is 0.0644 e. The average molecular weight is 263 g/mol. The van der Waals surface area contributed by atoms with Crippen molar-refractivity contribution in [2.75, 3.05) is 20.2 Å². The SMILES string of the molecule is CN(Cc1ccncc1)C1(CN)CCOC(C)(C)C1. The molecule has 2 rings (SSSR count). The molecule has 0 aliphatic carbocycles. The molecule has 4 nitrogen and oxygen atoms in total. The normalized spacial score (nSPS) is 26.6. The van der Waals surface area contributed by atoms with Gasteiger partial charge in [0.25, 0.3) is 0 Å². The second-order valence-electron chi connectivity index (χ2n) is 6.17. The van der Waals surface area contributed by atoms with Crippen LogP contribution in [0.15, 0.2) is 24.5 Å². The Morgan fingerprint density at radius 3 is 2.63 bits per heavy atom. The molecular formula is C15H25N3O. The van der Waals surface area contributed by atoms with Gasteiger partial charge in [0.05, 0.1) is 5.60 Å². The van der Waals surface area contributed by atoms with Crippen LogP contribution in [0.25, 0.3) is 0 Å². The minimum absolute atomic E-state index is 0.0328. The Kier molecular flexibility index (Phi) is 4.23. The van der Waals surface area contributed by atoms with Crippen molar-refractivity contribution in [3.63, 3.8) is 0 Å². The number of nitrogens with zero attached hydrogens (tertiary/aromatic N) is 2. The number of likely N-dealkylation sites (N-methyl/N-ethyl adjacent to an activating group) is 1. The molecule has 0 amide bonds. The van der Waals surface area contributed by atoms with Crippen LogP contribution in [0.1, 0.15) is 32.3 Å². The number of pyridine rings is 1. The fourth-order valence-electron chi connectivity index (χ4n) is 3.03. The second-order valence-corrected chi connectivity index (χ2v) is 6.17. The highest BCUT2D eigenvalue weighted by molar-refractivity contribution is 5.11. The van der Waals surface area contributed by atoms with E-state index in [0.29, 0.717) is 6.54 Å². The van der Waals surface area contributed by atoms with Crippen LogP contribution in [0.3, 0.4) is 0 Å². The molecule has 19 heavy (non-hydrogen) atoms. The molecule has 1 atom stereocenters. The fraction of sp³-hybridized carbons (Fsp3) is 0.667. The standard InChI is InChI=1S/C15H25N3O/c1-14(2)11-15(12-16,6-9-19-14)18(3)10-13-4-7-17-8-5-13/h4-5,7-8H,6,9-12,16H2,1-3H3. The lowest BCUT2D eigenvalue weighted by molar-refractivity contribution is -0.115. The van der Waals surface area contributed by atoms with Crippen LogP contribution in [0, 0.1) is 0 Å². The summed E-state index contributed by atoms with van der Waals surface area (Å²) in [6.07, 6.45) is 5.64. The Hall–Kier alpha value is -0.970. The van der Waals surface area contributed by atoms with Gasteiger partial charge in [-0.3, -0.25) is 9.88 Å². The van der Waals surface area contributed by atoms with Gasteiger partial charge < -0.3 is 10.5 Å². The number of ether oxygens (including phenoxy) is 1. The quantitative estimate of drug-likeness (QED) is 0.900. The van der Waals surface area contributed by atoms with Crippen molar-refractivity contribution in [2.24, 2.45) is 5.73 Å². The van der Waals surface area contributed by atoms with E-state index in [0.717, 1.165) is 26.0 Å². The molecule has 0 aromatic carbocycles. The highest BCUT2D eigenvalue weighted by Crippen LogP contribution is 2.35. The summed E-state index contributed by atoms with van der Waals surface area (Å²) >= 11 is 0. The largest absolute Gasteiger partial charge is 0.375 e. The molecule has 106 valence electrons. The Bertz CT molecular complexity index is 407. The van der Waals surface area contributed by atoms with Gasteiger partial charge in [-0.05, 0) is 51.4 Å². The van der Waals surface area contributed by atoms with Gasteiger partial charge in [-0.2, -0.15) is 0 Å². The Balaban J connectivity index is 2.12. The summed E-state index contributed by atoms with van der Waals surface area (Å²) in [5.74, 6) is 0. The summed E-state index contributed by atoms with van der Waals surface area (Å²) in [6.45, 7) is 6.65. The molecule has 1 aliphatic heterocycles. The van der Waals surface area contributed by atoms with Crippen molar-refractivity contribution in [1.82, 2.24) is 9.88 Å². The van der Waals surface area contributed by atoms with Crippen LogP contribution in [-0.2, 0) is 11.3 Å². The predicted molar refractivity (Wildman–Crippen MR) is 76.8 cm³/mol. The zero-order chi connectivity index (χ0) is 13.9. The first kappa shape index (κ1) is 14.4. The Morgan fingerprint density at radius 2 is 2.05 bits per heavy atom. The molecule has 2 heterocycles. The highest BCUT2D eigenvalue weighted by atomic mass is 16.5. The van der Waals surface area contributed by atoms with E-state index in [9.17, 15) is 0 Å². The van der Waals surface area contributed by atoms with Crippen LogP contribution in [0.5, 0.6) is 0 Å². The first-order valence-corrected chi connectivity index (χ1v) is 6.92. The molecule has 1 aliphatic rings. The monoisotopic (exact) mass is 263 g/mol. The minimum atomic E-state index is -0.0931. The van der Waals surface area contributed by atoms with Crippen molar-refractivity contribution in [3.8, 4) is 0 Å². The van der Waals surface area contributed by atoms with E-state index in [1.165, 1.54) is 5.56 Å². The molecule has 2 N–H and O–H groups in total. The first-order valence-electron chi connectivity index (χ1n) is 6.92. The van der Waals surface area contributed by atoms with Gasteiger partial charge >= 0.3 is 0 Å². The third-order valence-electron chi connectivity index (χ3n) is 4.17. The van der Waals surface area contributed by atoms with E-state index < -0.39 is 0 Å². The molecule has 1 aromatic heterocycles. The van der Waals surface area contributed by atoms with E-state index >= 15 is 0 Å². The lowest BCUT2D eigenvalue weighted by Gasteiger charge is -2.49. The van der Waals surface area contributed by atoms with E-state index in [4.69, 9.17) is 10.5 Å². The fourth-order valence-corrected chi connectivity index (χ4v) is 3.03. The average Bonchev–Trinajstić information content (AvgIpc) is 2.38. The maximum absolute atomic E-state index is 6.10. The van der Waals surface area contributed by atoms with Gasteiger partial charge in [-0.1, -0.05) is 0 Å². The summed E-state index contributed by atoms with van der Waals surface area (Å²) in [5, 5.41) is 0.